The molecule has 0 saturated heterocycles. The van der Waals surface area contributed by atoms with Gasteiger partial charge in [0.2, 0.25) is 0 Å². The third-order valence-corrected chi connectivity index (χ3v) is 3.82. The number of hydrogen-bond donors (Lipinski definition) is 0. The number of pyridine rings is 1. The van der Waals surface area contributed by atoms with Crippen LogP contribution in [0, 0.1) is 0 Å². The lowest BCUT2D eigenvalue weighted by atomic mass is 10.2. The maximum absolute atomic E-state index is 12.7. The molecule has 1 aliphatic heterocycles. The molecule has 0 bridgehead atoms. The molecular formula is C14H12F3N5. The molecule has 4 rings (SSSR count). The minimum atomic E-state index is -4.42. The first-order valence-electron chi connectivity index (χ1n) is 7.00. The topological polar surface area (TPSA) is 48.5 Å². The summed E-state index contributed by atoms with van der Waals surface area (Å²) in [6.45, 7) is 0.916. The van der Waals surface area contributed by atoms with Crippen molar-refractivity contribution in [2.45, 2.75) is 32.0 Å². The molecular weight excluding hydrogens is 295 g/mol. The fraction of sp³-hybridized carbons (Fsp3) is 0.357. The fourth-order valence-electron chi connectivity index (χ4n) is 2.68. The van der Waals surface area contributed by atoms with Crippen LogP contribution >= 0.6 is 0 Å². The fourth-order valence-corrected chi connectivity index (χ4v) is 2.68. The molecule has 114 valence electrons. The molecule has 0 spiro atoms. The summed E-state index contributed by atoms with van der Waals surface area (Å²) in [6, 6.07) is 1.01. The summed E-state index contributed by atoms with van der Waals surface area (Å²) >= 11 is 0. The van der Waals surface area contributed by atoms with Gasteiger partial charge in [-0.25, -0.2) is 9.67 Å². The van der Waals surface area contributed by atoms with Crippen molar-refractivity contribution in [3.8, 4) is 5.82 Å². The van der Waals surface area contributed by atoms with Crippen LogP contribution in [0.2, 0.25) is 0 Å². The van der Waals surface area contributed by atoms with Gasteiger partial charge in [0, 0.05) is 19.2 Å². The number of halogens is 3. The van der Waals surface area contributed by atoms with Crippen molar-refractivity contribution in [1.29, 1.82) is 0 Å². The van der Waals surface area contributed by atoms with E-state index in [4.69, 9.17) is 0 Å². The molecule has 0 N–H and O–H groups in total. The maximum Gasteiger partial charge on any atom is 0.417 e. The van der Waals surface area contributed by atoms with Gasteiger partial charge in [-0.3, -0.25) is 4.98 Å². The van der Waals surface area contributed by atoms with Crippen LogP contribution < -0.4 is 0 Å². The van der Waals surface area contributed by atoms with Crippen molar-refractivity contribution in [3.63, 3.8) is 0 Å². The molecule has 0 aliphatic carbocycles. The molecule has 0 atom stereocenters. The Kier molecular flexibility index (Phi) is 2.75. The highest BCUT2D eigenvalue weighted by Crippen LogP contribution is 2.30. The highest BCUT2D eigenvalue weighted by Gasteiger charge is 2.31. The summed E-state index contributed by atoms with van der Waals surface area (Å²) in [7, 11) is 0. The van der Waals surface area contributed by atoms with E-state index in [1.807, 2.05) is 6.20 Å². The van der Waals surface area contributed by atoms with E-state index >= 15 is 0 Å². The van der Waals surface area contributed by atoms with Gasteiger partial charge in [0.1, 0.15) is 16.9 Å². The second-order valence-corrected chi connectivity index (χ2v) is 5.37. The van der Waals surface area contributed by atoms with E-state index in [0.29, 0.717) is 11.3 Å². The Morgan fingerprint density at radius 3 is 2.73 bits per heavy atom. The zero-order valence-electron chi connectivity index (χ0n) is 11.5. The summed E-state index contributed by atoms with van der Waals surface area (Å²) in [4.78, 5) is 8.34. The van der Waals surface area contributed by atoms with E-state index in [2.05, 4.69) is 19.6 Å². The van der Waals surface area contributed by atoms with E-state index < -0.39 is 11.7 Å². The summed E-state index contributed by atoms with van der Waals surface area (Å²) in [5, 5.41) is 4.18. The van der Waals surface area contributed by atoms with Crippen molar-refractivity contribution >= 4 is 11.0 Å². The lowest BCUT2D eigenvalue weighted by Crippen LogP contribution is -2.08. The first-order chi connectivity index (χ1) is 10.5. The van der Waals surface area contributed by atoms with E-state index in [-0.39, 0.29) is 5.52 Å². The third kappa shape index (κ3) is 2.15. The van der Waals surface area contributed by atoms with Crippen molar-refractivity contribution in [3.05, 3.63) is 36.0 Å². The van der Waals surface area contributed by atoms with E-state index in [1.165, 1.54) is 4.68 Å². The Balaban J connectivity index is 1.77. The minimum absolute atomic E-state index is 0.209. The van der Waals surface area contributed by atoms with Crippen molar-refractivity contribution < 1.29 is 13.2 Å². The zero-order valence-corrected chi connectivity index (χ0v) is 11.5. The normalized spacial score (nSPS) is 15.2. The van der Waals surface area contributed by atoms with Crippen LogP contribution in [-0.2, 0) is 19.1 Å². The summed E-state index contributed by atoms with van der Waals surface area (Å²) in [6.07, 6.45) is 3.02. The standard InChI is InChI=1S/C14H12F3N5/c15-14(16,17)9-5-10-11(18-6-9)7-22(20-10)13-8-21-4-2-1-3-12(21)19-13/h5-8H,1-4H2. The molecule has 4 heterocycles. The number of fused-ring (bicyclic) bond motifs is 2. The zero-order chi connectivity index (χ0) is 15.3. The van der Waals surface area contributed by atoms with Gasteiger partial charge in [0.05, 0.1) is 18.0 Å². The van der Waals surface area contributed by atoms with Crippen LogP contribution in [0.15, 0.2) is 24.7 Å². The molecule has 0 unspecified atom stereocenters. The molecule has 3 aromatic rings. The average molecular weight is 307 g/mol. The lowest BCUT2D eigenvalue weighted by molar-refractivity contribution is -0.137. The number of imidazole rings is 1. The Morgan fingerprint density at radius 1 is 1.09 bits per heavy atom. The van der Waals surface area contributed by atoms with E-state index in [9.17, 15) is 13.2 Å². The lowest BCUT2D eigenvalue weighted by Gasteiger charge is -2.11. The average Bonchev–Trinajstić information content (AvgIpc) is 3.08. The highest BCUT2D eigenvalue weighted by molar-refractivity contribution is 5.74. The predicted octanol–water partition coefficient (Wildman–Crippen LogP) is 2.97. The van der Waals surface area contributed by atoms with Gasteiger partial charge in [-0.05, 0) is 18.9 Å². The van der Waals surface area contributed by atoms with Crippen molar-refractivity contribution in [2.24, 2.45) is 0 Å². The number of nitrogens with zero attached hydrogens (tertiary/aromatic N) is 5. The number of hydrogen-bond acceptors (Lipinski definition) is 3. The summed E-state index contributed by atoms with van der Waals surface area (Å²) in [5.41, 5.74) is -0.172. The number of aryl methyl sites for hydroxylation is 2. The Hall–Kier alpha value is -2.38. The van der Waals surface area contributed by atoms with Gasteiger partial charge < -0.3 is 4.57 Å². The number of alkyl halides is 3. The van der Waals surface area contributed by atoms with Gasteiger partial charge in [-0.2, -0.15) is 18.3 Å². The van der Waals surface area contributed by atoms with Crippen LogP contribution in [0.5, 0.6) is 0 Å². The number of rotatable bonds is 1. The highest BCUT2D eigenvalue weighted by atomic mass is 19.4. The molecule has 5 nitrogen and oxygen atoms in total. The first kappa shape index (κ1) is 13.3. The quantitative estimate of drug-likeness (QED) is 0.694. The summed E-state index contributed by atoms with van der Waals surface area (Å²) in [5.74, 6) is 1.60. The SMILES string of the molecule is FC(F)(F)c1cnc2cn(-c3cn4c(n3)CCCC4)nc2c1. The van der Waals surface area contributed by atoms with E-state index in [1.54, 1.807) is 6.20 Å². The molecule has 0 radical (unpaired) electrons. The molecule has 0 saturated carbocycles. The van der Waals surface area contributed by atoms with Gasteiger partial charge >= 0.3 is 6.18 Å². The largest absolute Gasteiger partial charge is 0.417 e. The Bertz CT molecular complexity index is 822. The molecule has 1 aliphatic rings. The van der Waals surface area contributed by atoms with Crippen molar-refractivity contribution in [1.82, 2.24) is 24.3 Å². The minimum Gasteiger partial charge on any atom is -0.333 e. The van der Waals surface area contributed by atoms with Crippen LogP contribution in [0.1, 0.15) is 24.2 Å². The predicted molar refractivity (Wildman–Crippen MR) is 72.6 cm³/mol. The molecule has 22 heavy (non-hydrogen) atoms. The maximum atomic E-state index is 12.7. The Labute approximate surface area is 123 Å². The molecule has 8 heteroatoms. The van der Waals surface area contributed by atoms with Crippen molar-refractivity contribution in [2.75, 3.05) is 0 Å². The molecule has 0 aromatic carbocycles. The monoisotopic (exact) mass is 307 g/mol. The van der Waals surface area contributed by atoms with Crippen LogP contribution in [-0.4, -0.2) is 24.3 Å². The first-order valence-corrected chi connectivity index (χ1v) is 7.00. The van der Waals surface area contributed by atoms with Crippen LogP contribution in [0.25, 0.3) is 16.9 Å². The molecule has 0 fully saturated rings. The van der Waals surface area contributed by atoms with E-state index in [0.717, 1.165) is 43.9 Å². The molecule has 0 amide bonds. The van der Waals surface area contributed by atoms with Crippen LogP contribution in [0.4, 0.5) is 13.2 Å². The van der Waals surface area contributed by atoms with Gasteiger partial charge in [-0.15, -0.1) is 0 Å². The summed E-state index contributed by atoms with van der Waals surface area (Å²) < 4.78 is 41.7. The van der Waals surface area contributed by atoms with Crippen LogP contribution in [0.3, 0.4) is 0 Å². The smallest absolute Gasteiger partial charge is 0.333 e. The molecule has 3 aromatic heterocycles. The van der Waals surface area contributed by atoms with Gasteiger partial charge in [0.15, 0.2) is 5.82 Å². The number of aromatic nitrogens is 5. The Morgan fingerprint density at radius 2 is 1.95 bits per heavy atom. The second kappa shape index (κ2) is 4.56. The van der Waals surface area contributed by atoms with Gasteiger partial charge in [-0.1, -0.05) is 0 Å². The van der Waals surface area contributed by atoms with Gasteiger partial charge in [0.25, 0.3) is 0 Å². The third-order valence-electron chi connectivity index (χ3n) is 3.82. The second-order valence-electron chi connectivity index (χ2n) is 5.37.